The zero-order valence-electron chi connectivity index (χ0n) is 44.9. The van der Waals surface area contributed by atoms with E-state index in [-0.39, 0.29) is 5.69 Å². The first-order chi connectivity index (χ1) is 35.3. The fourth-order valence-corrected chi connectivity index (χ4v) is 8.55. The summed E-state index contributed by atoms with van der Waals surface area (Å²) < 4.78 is 26.2. The van der Waals surface area contributed by atoms with Crippen LogP contribution in [0.15, 0.2) is 85.5 Å². The van der Waals surface area contributed by atoms with Gasteiger partial charge in [-0.3, -0.25) is 10.1 Å². The van der Waals surface area contributed by atoms with Gasteiger partial charge in [0.25, 0.3) is 5.69 Å². The van der Waals surface area contributed by atoms with Crippen molar-refractivity contribution in [1.29, 1.82) is 0 Å². The number of nitrogens with one attached hydrogen (secondary N) is 2. The molecule has 390 valence electrons. The number of methoxy groups -OCH3 is 4. The lowest BCUT2D eigenvalue weighted by molar-refractivity contribution is -0.384. The summed E-state index contributed by atoms with van der Waals surface area (Å²) in [5, 5.41) is 20.6. The Bertz CT molecular complexity index is 3300. The molecule has 0 saturated carbocycles. The van der Waals surface area contributed by atoms with Crippen molar-refractivity contribution in [2.24, 2.45) is 14.1 Å². The van der Waals surface area contributed by atoms with Crippen LogP contribution in [0.1, 0.15) is 11.1 Å². The number of nitro groups is 1. The molecule has 0 aliphatic rings. The van der Waals surface area contributed by atoms with Gasteiger partial charge in [-0.2, -0.15) is 0 Å². The lowest BCUT2D eigenvalue weighted by Gasteiger charge is -2.24. The van der Waals surface area contributed by atoms with Gasteiger partial charge in [-0.05, 0) is 83.5 Å². The lowest BCUT2D eigenvalue weighted by Crippen LogP contribution is -2.29. The zero-order chi connectivity index (χ0) is 53.5. The van der Waals surface area contributed by atoms with Crippen molar-refractivity contribution >= 4 is 67.8 Å². The number of ether oxygens (including phenoxy) is 4. The number of hydrogen-bond acceptors (Lipinski definition) is 17. The molecule has 20 nitrogen and oxygen atoms in total. The SMILES string of the molecule is COc1ccc2c(-c3nc(Nc4cc(N)c(N(C)CCN(C)C)cc4OC)ncc3C)cn(C)c2c1.COc1ccc2c(-c3nc(Nc4cc([N+](=O)[O-])c(N(C)CCN(C)C)cc4OC)ncc3C)cn(C)c2c1. The van der Waals surface area contributed by atoms with E-state index in [9.17, 15) is 10.1 Å². The number of likely N-dealkylation sites (N-methyl/N-ethyl adjacent to an activating group) is 4. The average Bonchev–Trinajstić information content (AvgIpc) is 3.89. The molecule has 4 heterocycles. The maximum absolute atomic E-state index is 12.0. The fraction of sp³-hybridized carbons (Fsp3) is 0.333. The molecule has 20 heteroatoms. The molecular formula is C54H68N14O6. The van der Waals surface area contributed by atoms with Gasteiger partial charge in [0.15, 0.2) is 0 Å². The number of rotatable bonds is 19. The molecule has 74 heavy (non-hydrogen) atoms. The number of aromatic nitrogens is 6. The summed E-state index contributed by atoms with van der Waals surface area (Å²) in [6.45, 7) is 7.08. The van der Waals surface area contributed by atoms with Crippen LogP contribution in [-0.2, 0) is 14.1 Å². The molecule has 4 aromatic carbocycles. The topological polar surface area (TPSA) is 205 Å². The number of nitro benzene ring substituents is 1. The second-order valence-corrected chi connectivity index (χ2v) is 18.6. The van der Waals surface area contributed by atoms with Gasteiger partial charge < -0.3 is 64.0 Å². The summed E-state index contributed by atoms with van der Waals surface area (Å²) in [4.78, 5) is 38.4. The first kappa shape index (κ1) is 53.4. The molecule has 0 saturated heterocycles. The van der Waals surface area contributed by atoms with Gasteiger partial charge in [-0.1, -0.05) is 0 Å². The minimum atomic E-state index is -0.391. The Kier molecular flexibility index (Phi) is 16.6. The van der Waals surface area contributed by atoms with E-state index in [1.807, 2.05) is 125 Å². The molecule has 0 spiro atoms. The van der Waals surface area contributed by atoms with Gasteiger partial charge in [0.05, 0.1) is 78.5 Å². The summed E-state index contributed by atoms with van der Waals surface area (Å²) in [7, 11) is 22.4. The lowest BCUT2D eigenvalue weighted by atomic mass is 10.1. The maximum atomic E-state index is 12.0. The highest BCUT2D eigenvalue weighted by molar-refractivity contribution is 5.98. The van der Waals surface area contributed by atoms with Gasteiger partial charge in [0, 0.05) is 131 Å². The van der Waals surface area contributed by atoms with Crippen LogP contribution >= 0.6 is 0 Å². The van der Waals surface area contributed by atoms with Crippen LogP contribution in [0.25, 0.3) is 44.3 Å². The number of benzene rings is 4. The molecule has 4 N–H and O–H groups in total. The van der Waals surface area contributed by atoms with E-state index in [4.69, 9.17) is 34.6 Å². The van der Waals surface area contributed by atoms with Crippen molar-refractivity contribution in [3.8, 4) is 45.5 Å². The van der Waals surface area contributed by atoms with Crippen LogP contribution in [0.4, 0.5) is 46.0 Å². The van der Waals surface area contributed by atoms with Crippen LogP contribution in [0.5, 0.6) is 23.0 Å². The number of nitrogen functional groups attached to an aromatic ring is 1. The Balaban J connectivity index is 0.000000217. The van der Waals surface area contributed by atoms with E-state index < -0.39 is 4.92 Å². The van der Waals surface area contributed by atoms with Crippen molar-refractivity contribution in [3.05, 3.63) is 107 Å². The molecule has 0 unspecified atom stereocenters. The van der Waals surface area contributed by atoms with Gasteiger partial charge in [0.2, 0.25) is 11.9 Å². The first-order valence-corrected chi connectivity index (χ1v) is 23.9. The second kappa shape index (κ2) is 23.0. The number of nitrogens with zero attached hydrogens (tertiary/aromatic N) is 11. The quantitative estimate of drug-likeness (QED) is 0.0393. The molecular weight excluding hydrogens is 941 g/mol. The Morgan fingerprint density at radius 1 is 0.608 bits per heavy atom. The highest BCUT2D eigenvalue weighted by Crippen LogP contribution is 2.41. The first-order valence-electron chi connectivity index (χ1n) is 23.9. The van der Waals surface area contributed by atoms with Crippen LogP contribution in [-0.4, -0.2) is 141 Å². The third kappa shape index (κ3) is 11.8. The molecule has 0 aliphatic carbocycles. The molecule has 8 rings (SSSR count). The molecule has 0 radical (unpaired) electrons. The molecule has 0 fully saturated rings. The van der Waals surface area contributed by atoms with Crippen molar-refractivity contribution in [1.82, 2.24) is 38.9 Å². The Morgan fingerprint density at radius 3 is 1.46 bits per heavy atom. The van der Waals surface area contributed by atoms with Crippen LogP contribution < -0.4 is 45.1 Å². The minimum Gasteiger partial charge on any atom is -0.497 e. The monoisotopic (exact) mass is 1010 g/mol. The molecule has 0 bridgehead atoms. The smallest absolute Gasteiger partial charge is 0.294 e. The van der Waals surface area contributed by atoms with Gasteiger partial charge >= 0.3 is 0 Å². The average molecular weight is 1010 g/mol. The normalized spacial score (nSPS) is 11.2. The van der Waals surface area contributed by atoms with Crippen LogP contribution in [0.3, 0.4) is 0 Å². The zero-order valence-corrected chi connectivity index (χ0v) is 44.9. The summed E-state index contributed by atoms with van der Waals surface area (Å²) in [6, 6.07) is 18.9. The Hall–Kier alpha value is -8.36. The van der Waals surface area contributed by atoms with E-state index in [2.05, 4.69) is 61.3 Å². The van der Waals surface area contributed by atoms with Crippen LogP contribution in [0.2, 0.25) is 0 Å². The molecule has 8 aromatic rings. The number of nitrogens with two attached hydrogens (primary N) is 1. The maximum Gasteiger partial charge on any atom is 0.294 e. The Labute approximate surface area is 432 Å². The van der Waals surface area contributed by atoms with Crippen molar-refractivity contribution in [2.75, 3.05) is 123 Å². The van der Waals surface area contributed by atoms with E-state index in [0.29, 0.717) is 52.7 Å². The van der Waals surface area contributed by atoms with E-state index in [1.54, 1.807) is 33.6 Å². The van der Waals surface area contributed by atoms with Gasteiger partial charge in [0.1, 0.15) is 28.7 Å². The summed E-state index contributed by atoms with van der Waals surface area (Å²) in [5.74, 6) is 3.48. The third-order valence-electron chi connectivity index (χ3n) is 12.8. The summed E-state index contributed by atoms with van der Waals surface area (Å²) in [5.41, 5.74) is 17.1. The van der Waals surface area contributed by atoms with E-state index >= 15 is 0 Å². The van der Waals surface area contributed by atoms with E-state index in [1.165, 1.54) is 13.2 Å². The fourth-order valence-electron chi connectivity index (χ4n) is 8.55. The van der Waals surface area contributed by atoms with Crippen molar-refractivity contribution in [2.45, 2.75) is 13.8 Å². The molecule has 4 aromatic heterocycles. The predicted molar refractivity (Wildman–Crippen MR) is 298 cm³/mol. The van der Waals surface area contributed by atoms with Crippen molar-refractivity contribution in [3.63, 3.8) is 0 Å². The highest BCUT2D eigenvalue weighted by Gasteiger charge is 2.24. The standard InChI is InChI=1S/C27H33N7O4.C27H35N7O2/c1-17-15-28-27(30-26(17)20-16-33(5)22-12-18(37-6)8-9-19(20)22)29-21-13-24(34(35)36)23(14-25(21)38-7)32(4)11-10-31(2)3;1-17-15-29-27(31-26(17)20-16-34(5)23-12-18(35-6)8-9-19(20)23)30-22-13-21(28)24(14-25(22)36-7)33(4)11-10-32(2)3/h8-9,12-16H,10-11H2,1-7H3,(H,28,29,30);8-9,12-16H,10-11,28H2,1-7H3,(H,29,30,31). The largest absolute Gasteiger partial charge is 0.497 e. The van der Waals surface area contributed by atoms with Gasteiger partial charge in [-0.25, -0.2) is 19.9 Å². The predicted octanol–water partition coefficient (Wildman–Crippen LogP) is 8.90. The molecule has 0 atom stereocenters. The van der Waals surface area contributed by atoms with Crippen LogP contribution in [0, 0.1) is 24.0 Å². The third-order valence-corrected chi connectivity index (χ3v) is 12.8. The van der Waals surface area contributed by atoms with Crippen molar-refractivity contribution < 1.29 is 23.9 Å². The molecule has 0 aliphatic heterocycles. The summed E-state index contributed by atoms with van der Waals surface area (Å²) in [6.07, 6.45) is 7.66. The summed E-state index contributed by atoms with van der Waals surface area (Å²) >= 11 is 0. The van der Waals surface area contributed by atoms with Gasteiger partial charge in [-0.15, -0.1) is 0 Å². The number of hydrogen-bond donors (Lipinski definition) is 3. The Morgan fingerprint density at radius 2 is 1.04 bits per heavy atom. The number of fused-ring (bicyclic) bond motifs is 2. The molecule has 0 amide bonds. The van der Waals surface area contributed by atoms with E-state index in [0.717, 1.165) is 92.3 Å². The highest BCUT2D eigenvalue weighted by atomic mass is 16.6. The second-order valence-electron chi connectivity index (χ2n) is 18.6. The minimum absolute atomic E-state index is 0.0371. The number of aryl methyl sites for hydroxylation is 4. The number of anilines is 7.